The summed E-state index contributed by atoms with van der Waals surface area (Å²) >= 11 is 1.72. The van der Waals surface area contributed by atoms with Gasteiger partial charge in [-0.3, -0.25) is 10.1 Å². The third kappa shape index (κ3) is 1.34. The Bertz CT molecular complexity index is 512. The van der Waals surface area contributed by atoms with Crippen molar-refractivity contribution in [1.29, 1.82) is 0 Å². The quantitative estimate of drug-likeness (QED) is 0.897. The van der Waals surface area contributed by atoms with Crippen molar-refractivity contribution >= 4 is 17.2 Å². The predicted molar refractivity (Wildman–Crippen MR) is 73.5 cm³/mol. The summed E-state index contributed by atoms with van der Waals surface area (Å²) in [5.41, 5.74) is 1.27. The molecule has 1 aliphatic heterocycles. The molecule has 0 spiro atoms. The predicted octanol–water partition coefficient (Wildman–Crippen LogP) is 2.22. The first-order valence-electron chi connectivity index (χ1n) is 7.41. The minimum Gasteiger partial charge on any atom is -0.318 e. The molecule has 2 heterocycles. The van der Waals surface area contributed by atoms with Crippen LogP contribution in [0.4, 0.5) is 0 Å². The molecular formula is C15H18N2OS. The third-order valence-corrected chi connectivity index (χ3v) is 6.59. The second kappa shape index (κ2) is 3.61. The molecule has 3 nitrogen and oxygen atoms in total. The highest BCUT2D eigenvalue weighted by atomic mass is 32.1. The van der Waals surface area contributed by atoms with Crippen molar-refractivity contribution in [3.8, 4) is 0 Å². The van der Waals surface area contributed by atoms with Gasteiger partial charge in [0.1, 0.15) is 6.17 Å². The molecule has 100 valence electrons. The first-order chi connectivity index (χ1) is 9.34. The first-order valence-corrected chi connectivity index (χ1v) is 8.35. The van der Waals surface area contributed by atoms with Gasteiger partial charge in [0.15, 0.2) is 0 Å². The fourth-order valence-corrected chi connectivity index (χ4v) is 5.89. The summed E-state index contributed by atoms with van der Waals surface area (Å²) in [5.74, 6) is 3.84. The van der Waals surface area contributed by atoms with Crippen molar-refractivity contribution in [1.82, 2.24) is 10.2 Å². The number of amides is 1. The molecule has 5 rings (SSSR count). The van der Waals surface area contributed by atoms with Gasteiger partial charge in [0.05, 0.1) is 6.54 Å². The number of carbonyl (C=O) groups is 1. The van der Waals surface area contributed by atoms with Gasteiger partial charge < -0.3 is 4.90 Å². The molecule has 4 heteroatoms. The molecule has 19 heavy (non-hydrogen) atoms. The van der Waals surface area contributed by atoms with Gasteiger partial charge in [0, 0.05) is 6.04 Å². The van der Waals surface area contributed by atoms with E-state index in [-0.39, 0.29) is 6.17 Å². The number of nitrogens with zero attached hydrogens (tertiary/aromatic N) is 1. The fourth-order valence-electron chi connectivity index (χ4n) is 5.22. The molecule has 5 atom stereocenters. The number of thiophene rings is 1. The summed E-state index contributed by atoms with van der Waals surface area (Å²) in [5, 5.41) is 7.69. The van der Waals surface area contributed by atoms with E-state index in [9.17, 15) is 4.79 Å². The van der Waals surface area contributed by atoms with Crippen molar-refractivity contribution in [2.75, 3.05) is 6.54 Å². The molecule has 1 aromatic heterocycles. The molecule has 4 aliphatic rings. The molecule has 1 aromatic rings. The van der Waals surface area contributed by atoms with E-state index >= 15 is 0 Å². The largest absolute Gasteiger partial charge is 0.318 e. The van der Waals surface area contributed by atoms with Gasteiger partial charge in [-0.05, 0) is 65.3 Å². The van der Waals surface area contributed by atoms with Crippen molar-refractivity contribution in [3.05, 3.63) is 22.4 Å². The summed E-state index contributed by atoms with van der Waals surface area (Å²) in [6.07, 6.45) is 4.43. The minimum atomic E-state index is 0.147. The summed E-state index contributed by atoms with van der Waals surface area (Å²) < 4.78 is 0. The SMILES string of the molecule is O=C1CNC(c2ccsc2)N1C1C2C3CCC(C3)C21. The summed E-state index contributed by atoms with van der Waals surface area (Å²) in [6.45, 7) is 0.520. The minimum absolute atomic E-state index is 0.147. The summed E-state index contributed by atoms with van der Waals surface area (Å²) in [4.78, 5) is 14.5. The highest BCUT2D eigenvalue weighted by molar-refractivity contribution is 7.07. The van der Waals surface area contributed by atoms with Gasteiger partial charge in [-0.25, -0.2) is 0 Å². The lowest BCUT2D eigenvalue weighted by molar-refractivity contribution is -0.129. The second-order valence-corrected chi connectivity index (χ2v) is 7.40. The average molecular weight is 274 g/mol. The molecule has 1 amide bonds. The van der Waals surface area contributed by atoms with Crippen LogP contribution in [0.3, 0.4) is 0 Å². The Labute approximate surface area is 117 Å². The van der Waals surface area contributed by atoms with Crippen LogP contribution in [0, 0.1) is 23.7 Å². The van der Waals surface area contributed by atoms with Gasteiger partial charge >= 0.3 is 0 Å². The van der Waals surface area contributed by atoms with Crippen LogP contribution < -0.4 is 5.32 Å². The molecule has 4 fully saturated rings. The Morgan fingerprint density at radius 3 is 2.74 bits per heavy atom. The van der Waals surface area contributed by atoms with Crippen LogP contribution in [-0.2, 0) is 4.79 Å². The van der Waals surface area contributed by atoms with Crippen molar-refractivity contribution in [3.63, 3.8) is 0 Å². The monoisotopic (exact) mass is 274 g/mol. The number of fused-ring (bicyclic) bond motifs is 5. The zero-order valence-corrected chi connectivity index (χ0v) is 11.6. The van der Waals surface area contributed by atoms with Crippen LogP contribution in [0.1, 0.15) is 31.0 Å². The van der Waals surface area contributed by atoms with E-state index in [1.807, 2.05) is 0 Å². The molecule has 0 radical (unpaired) electrons. The van der Waals surface area contributed by atoms with Gasteiger partial charge in [0.25, 0.3) is 0 Å². The zero-order valence-electron chi connectivity index (χ0n) is 10.8. The maximum atomic E-state index is 12.3. The standard InChI is InChI=1S/C15H18N2OS/c18-11-6-16-15(10-3-4-19-7-10)17(11)14-12-8-1-2-9(5-8)13(12)14/h3-4,7-9,12-16H,1-2,5-6H2. The number of carbonyl (C=O) groups excluding carboxylic acids is 1. The van der Waals surface area contributed by atoms with Gasteiger partial charge in [-0.1, -0.05) is 0 Å². The Morgan fingerprint density at radius 2 is 2.05 bits per heavy atom. The first kappa shape index (κ1) is 10.9. The third-order valence-electron chi connectivity index (χ3n) is 5.89. The topological polar surface area (TPSA) is 32.3 Å². The van der Waals surface area contributed by atoms with E-state index in [0.29, 0.717) is 18.5 Å². The fraction of sp³-hybridized carbons (Fsp3) is 0.667. The Kier molecular flexibility index (Phi) is 2.06. The van der Waals surface area contributed by atoms with Gasteiger partial charge in [-0.15, -0.1) is 0 Å². The van der Waals surface area contributed by atoms with Crippen molar-refractivity contribution in [2.45, 2.75) is 31.5 Å². The number of hydrogen-bond acceptors (Lipinski definition) is 3. The Hall–Kier alpha value is -0.870. The number of hydrogen-bond donors (Lipinski definition) is 1. The van der Waals surface area contributed by atoms with Crippen LogP contribution in [0.15, 0.2) is 16.8 Å². The Balaban J connectivity index is 1.46. The molecule has 1 saturated heterocycles. The van der Waals surface area contributed by atoms with Crippen LogP contribution in [-0.4, -0.2) is 23.4 Å². The lowest BCUT2D eigenvalue weighted by Crippen LogP contribution is -2.35. The Morgan fingerprint density at radius 1 is 1.26 bits per heavy atom. The average Bonchev–Trinajstić information content (AvgIpc) is 2.96. The summed E-state index contributed by atoms with van der Waals surface area (Å²) in [7, 11) is 0. The van der Waals surface area contributed by atoms with E-state index in [1.165, 1.54) is 24.8 Å². The molecule has 3 aliphatic carbocycles. The van der Waals surface area contributed by atoms with E-state index in [4.69, 9.17) is 0 Å². The molecule has 0 aromatic carbocycles. The van der Waals surface area contributed by atoms with Crippen LogP contribution in [0.25, 0.3) is 0 Å². The maximum Gasteiger partial charge on any atom is 0.238 e. The van der Waals surface area contributed by atoms with Crippen LogP contribution in [0.2, 0.25) is 0 Å². The van der Waals surface area contributed by atoms with Crippen LogP contribution in [0.5, 0.6) is 0 Å². The normalized spacial score (nSPS) is 46.9. The zero-order chi connectivity index (χ0) is 12.6. The van der Waals surface area contributed by atoms with Crippen molar-refractivity contribution in [2.24, 2.45) is 23.7 Å². The highest BCUT2D eigenvalue weighted by Gasteiger charge is 2.68. The molecule has 3 saturated carbocycles. The number of rotatable bonds is 2. The highest BCUT2D eigenvalue weighted by Crippen LogP contribution is 2.68. The lowest BCUT2D eigenvalue weighted by Gasteiger charge is -2.26. The van der Waals surface area contributed by atoms with E-state index in [1.54, 1.807) is 11.3 Å². The van der Waals surface area contributed by atoms with Crippen molar-refractivity contribution < 1.29 is 4.79 Å². The molecular weight excluding hydrogens is 256 g/mol. The lowest BCUT2D eigenvalue weighted by atomic mass is 10.0. The van der Waals surface area contributed by atoms with Crippen LogP contribution >= 0.6 is 11.3 Å². The van der Waals surface area contributed by atoms with Gasteiger partial charge in [0.2, 0.25) is 5.91 Å². The molecule has 5 unspecified atom stereocenters. The second-order valence-electron chi connectivity index (χ2n) is 6.62. The van der Waals surface area contributed by atoms with Gasteiger partial charge in [-0.2, -0.15) is 11.3 Å². The maximum absolute atomic E-state index is 12.3. The van der Waals surface area contributed by atoms with E-state index in [0.717, 1.165) is 23.7 Å². The summed E-state index contributed by atoms with van der Waals surface area (Å²) in [6, 6.07) is 2.71. The molecule has 1 N–H and O–H groups in total. The van der Waals surface area contributed by atoms with E-state index in [2.05, 4.69) is 27.0 Å². The smallest absolute Gasteiger partial charge is 0.238 e. The molecule has 2 bridgehead atoms. The number of nitrogens with one attached hydrogen (secondary N) is 1. The van der Waals surface area contributed by atoms with E-state index < -0.39 is 0 Å².